The summed E-state index contributed by atoms with van der Waals surface area (Å²) in [7, 11) is 1.72. The van der Waals surface area contributed by atoms with Crippen molar-refractivity contribution in [2.75, 3.05) is 58.4 Å². The fourth-order valence-corrected chi connectivity index (χ4v) is 4.02. The molecule has 7 nitrogen and oxygen atoms in total. The molecule has 0 bridgehead atoms. The molecule has 0 saturated carbocycles. The highest BCUT2D eigenvalue weighted by Crippen LogP contribution is 2.32. The number of nitrogens with one attached hydrogen (secondary N) is 1. The molecule has 31 heavy (non-hydrogen) atoms. The van der Waals surface area contributed by atoms with E-state index >= 15 is 0 Å². The predicted octanol–water partition coefficient (Wildman–Crippen LogP) is 2.92. The Morgan fingerprint density at radius 1 is 1.00 bits per heavy atom. The van der Waals surface area contributed by atoms with E-state index in [-0.39, 0.29) is 5.91 Å². The van der Waals surface area contributed by atoms with E-state index in [1.54, 1.807) is 7.11 Å². The lowest BCUT2D eigenvalue weighted by molar-refractivity contribution is -0.117. The molecular formula is C24H31N3O4. The zero-order valence-corrected chi connectivity index (χ0v) is 18.4. The first kappa shape index (κ1) is 21.5. The van der Waals surface area contributed by atoms with E-state index in [1.165, 1.54) is 11.1 Å². The number of benzene rings is 2. The number of aryl methyl sites for hydroxylation is 1. The molecule has 0 atom stereocenters. The smallest absolute Gasteiger partial charge is 0.238 e. The molecular weight excluding hydrogens is 394 g/mol. The van der Waals surface area contributed by atoms with Crippen molar-refractivity contribution in [3.8, 4) is 17.2 Å². The van der Waals surface area contributed by atoms with E-state index in [1.807, 2.05) is 24.3 Å². The van der Waals surface area contributed by atoms with Crippen LogP contribution in [-0.2, 0) is 11.3 Å². The Labute approximate surface area is 183 Å². The van der Waals surface area contributed by atoms with Crippen LogP contribution in [0.3, 0.4) is 0 Å². The Hall–Kier alpha value is -2.77. The maximum Gasteiger partial charge on any atom is 0.238 e. The van der Waals surface area contributed by atoms with Crippen molar-refractivity contribution in [1.82, 2.24) is 9.80 Å². The Bertz CT molecular complexity index is 910. The van der Waals surface area contributed by atoms with Crippen LogP contribution in [0, 0.1) is 6.92 Å². The van der Waals surface area contributed by atoms with Crippen molar-refractivity contribution in [3.63, 3.8) is 0 Å². The van der Waals surface area contributed by atoms with Gasteiger partial charge in [-0.1, -0.05) is 17.7 Å². The number of ether oxygens (including phenoxy) is 3. The minimum Gasteiger partial charge on any atom is -0.496 e. The van der Waals surface area contributed by atoms with Gasteiger partial charge in [0.25, 0.3) is 0 Å². The van der Waals surface area contributed by atoms with Gasteiger partial charge in [0.05, 0.1) is 26.9 Å². The standard InChI is InChI=1S/C24H31N3O4/c1-18-4-6-21(29-2)19(14-18)16-26-8-10-27(11-9-26)17-24(28)25-20-5-7-22-23(15-20)31-13-3-12-30-22/h4-7,14-15H,3,8-13,16-17H2,1-2H3,(H,25,28). The van der Waals surface area contributed by atoms with E-state index in [0.29, 0.717) is 25.5 Å². The van der Waals surface area contributed by atoms with Crippen LogP contribution in [0.5, 0.6) is 17.2 Å². The molecule has 2 aliphatic heterocycles. The summed E-state index contributed by atoms with van der Waals surface area (Å²) in [6.45, 7) is 8.21. The van der Waals surface area contributed by atoms with Crippen molar-refractivity contribution in [2.24, 2.45) is 0 Å². The summed E-state index contributed by atoms with van der Waals surface area (Å²) in [6, 6.07) is 11.8. The number of anilines is 1. The van der Waals surface area contributed by atoms with Gasteiger partial charge in [-0.25, -0.2) is 0 Å². The number of amides is 1. The Kier molecular flexibility index (Phi) is 6.94. The summed E-state index contributed by atoms with van der Waals surface area (Å²) >= 11 is 0. The summed E-state index contributed by atoms with van der Waals surface area (Å²) in [5.41, 5.74) is 3.18. The molecule has 1 N–H and O–H groups in total. The van der Waals surface area contributed by atoms with Gasteiger partial charge in [-0.15, -0.1) is 0 Å². The van der Waals surface area contributed by atoms with Crippen LogP contribution in [-0.4, -0.2) is 68.8 Å². The second-order valence-corrected chi connectivity index (χ2v) is 8.13. The Morgan fingerprint density at radius 3 is 2.52 bits per heavy atom. The third-order valence-electron chi connectivity index (χ3n) is 5.69. The van der Waals surface area contributed by atoms with Gasteiger partial charge < -0.3 is 19.5 Å². The molecule has 0 radical (unpaired) electrons. The van der Waals surface area contributed by atoms with Crippen LogP contribution in [0.15, 0.2) is 36.4 Å². The second kappa shape index (κ2) is 10.0. The molecule has 0 aliphatic carbocycles. The van der Waals surface area contributed by atoms with Crippen LogP contribution in [0.4, 0.5) is 5.69 Å². The van der Waals surface area contributed by atoms with E-state index in [2.05, 4.69) is 34.2 Å². The summed E-state index contributed by atoms with van der Waals surface area (Å²) in [5, 5.41) is 2.99. The molecule has 4 rings (SSSR count). The van der Waals surface area contributed by atoms with Crippen molar-refractivity contribution < 1.29 is 19.0 Å². The Morgan fingerprint density at radius 2 is 1.74 bits per heavy atom. The lowest BCUT2D eigenvalue weighted by Gasteiger charge is -2.34. The minimum atomic E-state index is -0.0108. The van der Waals surface area contributed by atoms with Crippen LogP contribution in [0.2, 0.25) is 0 Å². The van der Waals surface area contributed by atoms with Gasteiger partial charge in [-0.2, -0.15) is 0 Å². The first-order chi connectivity index (χ1) is 15.1. The fraction of sp³-hybridized carbons (Fsp3) is 0.458. The molecule has 166 valence electrons. The first-order valence-electron chi connectivity index (χ1n) is 10.9. The normalized spacial score (nSPS) is 17.1. The molecule has 0 spiro atoms. The molecule has 2 aromatic rings. The number of hydrogen-bond acceptors (Lipinski definition) is 6. The fourth-order valence-electron chi connectivity index (χ4n) is 4.02. The summed E-state index contributed by atoms with van der Waals surface area (Å²) in [6.07, 6.45) is 0.860. The van der Waals surface area contributed by atoms with E-state index < -0.39 is 0 Å². The maximum absolute atomic E-state index is 12.6. The van der Waals surface area contributed by atoms with Gasteiger partial charge in [0.15, 0.2) is 11.5 Å². The zero-order valence-electron chi connectivity index (χ0n) is 18.4. The van der Waals surface area contributed by atoms with Crippen LogP contribution in [0.25, 0.3) is 0 Å². The van der Waals surface area contributed by atoms with Crippen LogP contribution in [0.1, 0.15) is 17.5 Å². The third kappa shape index (κ3) is 5.68. The number of carbonyl (C=O) groups excluding carboxylic acids is 1. The lowest BCUT2D eigenvalue weighted by atomic mass is 10.1. The molecule has 1 amide bonds. The number of carbonyl (C=O) groups is 1. The van der Waals surface area contributed by atoms with Gasteiger partial charge in [0, 0.05) is 56.5 Å². The largest absolute Gasteiger partial charge is 0.496 e. The molecule has 1 fully saturated rings. The summed E-state index contributed by atoms with van der Waals surface area (Å²) < 4.78 is 16.9. The van der Waals surface area contributed by atoms with Gasteiger partial charge >= 0.3 is 0 Å². The number of hydrogen-bond donors (Lipinski definition) is 1. The van der Waals surface area contributed by atoms with Gasteiger partial charge in [-0.3, -0.25) is 14.6 Å². The van der Waals surface area contributed by atoms with Crippen molar-refractivity contribution >= 4 is 11.6 Å². The first-order valence-corrected chi connectivity index (χ1v) is 10.9. The van der Waals surface area contributed by atoms with Gasteiger partial charge in [0.2, 0.25) is 5.91 Å². The maximum atomic E-state index is 12.6. The number of rotatable bonds is 6. The zero-order chi connectivity index (χ0) is 21.6. The SMILES string of the molecule is COc1ccc(C)cc1CN1CCN(CC(=O)Nc2ccc3c(c2)OCCCO3)CC1. The molecule has 2 aliphatic rings. The van der Waals surface area contributed by atoms with Gasteiger partial charge in [-0.05, 0) is 25.1 Å². The van der Waals surface area contributed by atoms with Crippen molar-refractivity contribution in [3.05, 3.63) is 47.5 Å². The van der Waals surface area contributed by atoms with Crippen LogP contribution < -0.4 is 19.5 Å². The van der Waals surface area contributed by atoms with E-state index in [9.17, 15) is 4.79 Å². The predicted molar refractivity (Wildman–Crippen MR) is 120 cm³/mol. The highest BCUT2D eigenvalue weighted by Gasteiger charge is 2.20. The monoisotopic (exact) mass is 425 g/mol. The number of piperazine rings is 1. The lowest BCUT2D eigenvalue weighted by Crippen LogP contribution is -2.48. The molecule has 0 unspecified atom stereocenters. The summed E-state index contributed by atoms with van der Waals surface area (Å²) in [4.78, 5) is 17.2. The molecule has 2 aromatic carbocycles. The van der Waals surface area contributed by atoms with Crippen molar-refractivity contribution in [2.45, 2.75) is 19.9 Å². The topological polar surface area (TPSA) is 63.3 Å². The Balaban J connectivity index is 1.26. The third-order valence-corrected chi connectivity index (χ3v) is 5.69. The average molecular weight is 426 g/mol. The number of nitrogens with zero attached hydrogens (tertiary/aromatic N) is 2. The van der Waals surface area contributed by atoms with Gasteiger partial charge in [0.1, 0.15) is 5.75 Å². The summed E-state index contributed by atoms with van der Waals surface area (Å²) in [5.74, 6) is 2.35. The average Bonchev–Trinajstić information content (AvgIpc) is 3.00. The van der Waals surface area contributed by atoms with Crippen molar-refractivity contribution in [1.29, 1.82) is 0 Å². The van der Waals surface area contributed by atoms with E-state index in [0.717, 1.165) is 56.3 Å². The number of methoxy groups -OCH3 is 1. The molecule has 0 aromatic heterocycles. The minimum absolute atomic E-state index is 0.0108. The molecule has 7 heteroatoms. The number of fused-ring (bicyclic) bond motifs is 1. The molecule has 1 saturated heterocycles. The van der Waals surface area contributed by atoms with Crippen LogP contribution >= 0.6 is 0 Å². The highest BCUT2D eigenvalue weighted by molar-refractivity contribution is 5.92. The molecule has 2 heterocycles. The van der Waals surface area contributed by atoms with E-state index in [4.69, 9.17) is 14.2 Å². The quantitative estimate of drug-likeness (QED) is 0.768. The second-order valence-electron chi connectivity index (χ2n) is 8.13. The highest BCUT2D eigenvalue weighted by atomic mass is 16.5.